The predicted molar refractivity (Wildman–Crippen MR) is 60.8 cm³/mol. The van der Waals surface area contributed by atoms with Gasteiger partial charge in [-0.2, -0.15) is 13.2 Å². The molecule has 0 aliphatic carbocycles. The summed E-state index contributed by atoms with van der Waals surface area (Å²) in [7, 11) is 0. The molecule has 100 valence electrons. The number of nitrogens with zero attached hydrogens (tertiary/aromatic N) is 2. The second-order valence-electron chi connectivity index (χ2n) is 3.79. The highest BCUT2D eigenvalue weighted by atomic mass is 19.4. The van der Waals surface area contributed by atoms with Crippen molar-refractivity contribution in [3.05, 3.63) is 53.5 Å². The summed E-state index contributed by atoms with van der Waals surface area (Å²) in [5.41, 5.74) is -0.398. The van der Waals surface area contributed by atoms with Gasteiger partial charge in [-0.3, -0.25) is 0 Å². The van der Waals surface area contributed by atoms with Gasteiger partial charge < -0.3 is 5.32 Å². The van der Waals surface area contributed by atoms with Gasteiger partial charge in [0.15, 0.2) is 5.69 Å². The van der Waals surface area contributed by atoms with E-state index in [1.807, 2.05) is 0 Å². The third-order valence-corrected chi connectivity index (χ3v) is 2.32. The Balaban J connectivity index is 2.01. The average molecular weight is 271 g/mol. The first kappa shape index (κ1) is 13.3. The number of nitrogens with one attached hydrogen (secondary N) is 1. The second-order valence-corrected chi connectivity index (χ2v) is 3.79. The molecular weight excluding hydrogens is 262 g/mol. The molecule has 0 unspecified atom stereocenters. The number of aromatic nitrogens is 2. The van der Waals surface area contributed by atoms with E-state index >= 15 is 0 Å². The number of halogens is 4. The van der Waals surface area contributed by atoms with Crippen molar-refractivity contribution >= 4 is 5.82 Å². The number of anilines is 1. The van der Waals surface area contributed by atoms with Crippen LogP contribution in [0.1, 0.15) is 11.3 Å². The maximum absolute atomic E-state index is 12.9. The fourth-order valence-corrected chi connectivity index (χ4v) is 1.42. The summed E-state index contributed by atoms with van der Waals surface area (Å²) in [6, 6.07) is 7.88. The lowest BCUT2D eigenvalue weighted by molar-refractivity contribution is -0.141. The van der Waals surface area contributed by atoms with E-state index in [4.69, 9.17) is 0 Å². The van der Waals surface area contributed by atoms with Gasteiger partial charge in [0.2, 0.25) is 0 Å². The Hall–Kier alpha value is -2.18. The first-order chi connectivity index (χ1) is 8.95. The second kappa shape index (κ2) is 5.21. The first-order valence-electron chi connectivity index (χ1n) is 5.34. The number of benzene rings is 1. The lowest BCUT2D eigenvalue weighted by Crippen LogP contribution is -2.10. The molecule has 0 amide bonds. The number of rotatable bonds is 3. The molecule has 0 fully saturated rings. The van der Waals surface area contributed by atoms with E-state index in [9.17, 15) is 17.6 Å². The van der Waals surface area contributed by atoms with E-state index in [2.05, 4.69) is 15.5 Å². The minimum atomic E-state index is -4.51. The summed E-state index contributed by atoms with van der Waals surface area (Å²) in [6.45, 7) is 0.248. The molecule has 0 aliphatic heterocycles. The van der Waals surface area contributed by atoms with Crippen LogP contribution >= 0.6 is 0 Å². The zero-order chi connectivity index (χ0) is 13.9. The molecule has 0 atom stereocenters. The summed E-state index contributed by atoms with van der Waals surface area (Å²) >= 11 is 0. The maximum Gasteiger partial charge on any atom is 0.435 e. The zero-order valence-electron chi connectivity index (χ0n) is 9.58. The third kappa shape index (κ3) is 3.64. The fraction of sp³-hybridized carbons (Fsp3) is 0.167. The lowest BCUT2D eigenvalue weighted by Gasteiger charge is -2.07. The smallest absolute Gasteiger partial charge is 0.365 e. The van der Waals surface area contributed by atoms with Crippen LogP contribution in [-0.2, 0) is 12.7 Å². The van der Waals surface area contributed by atoms with Crippen molar-refractivity contribution in [3.8, 4) is 0 Å². The van der Waals surface area contributed by atoms with Crippen LogP contribution < -0.4 is 5.32 Å². The zero-order valence-corrected chi connectivity index (χ0v) is 9.58. The molecule has 19 heavy (non-hydrogen) atoms. The van der Waals surface area contributed by atoms with E-state index in [-0.39, 0.29) is 18.2 Å². The Kier molecular flexibility index (Phi) is 3.64. The molecule has 0 spiro atoms. The molecule has 7 heteroatoms. The molecular formula is C12H9F4N3. The van der Waals surface area contributed by atoms with E-state index in [0.29, 0.717) is 5.56 Å². The molecule has 2 rings (SSSR count). The van der Waals surface area contributed by atoms with Crippen LogP contribution in [-0.4, -0.2) is 10.2 Å². The van der Waals surface area contributed by atoms with Crippen LogP contribution in [0.15, 0.2) is 36.4 Å². The number of hydrogen-bond donors (Lipinski definition) is 1. The third-order valence-electron chi connectivity index (χ3n) is 2.32. The molecule has 1 aromatic heterocycles. The van der Waals surface area contributed by atoms with Crippen molar-refractivity contribution in [3.63, 3.8) is 0 Å². The van der Waals surface area contributed by atoms with E-state index < -0.39 is 11.9 Å². The van der Waals surface area contributed by atoms with Crippen molar-refractivity contribution in [2.24, 2.45) is 0 Å². The predicted octanol–water partition coefficient (Wildman–Crippen LogP) is 3.25. The Morgan fingerprint density at radius 2 is 1.84 bits per heavy atom. The molecule has 0 radical (unpaired) electrons. The molecule has 1 aromatic carbocycles. The van der Waals surface area contributed by atoms with Gasteiger partial charge in [-0.25, -0.2) is 4.39 Å². The Bertz CT molecular complexity index is 552. The SMILES string of the molecule is Fc1cccc(CNc2ccc(C(F)(F)F)nn2)c1. The molecule has 0 saturated heterocycles. The average Bonchev–Trinajstić information content (AvgIpc) is 2.36. The molecule has 1 N–H and O–H groups in total. The number of alkyl halides is 3. The summed E-state index contributed by atoms with van der Waals surface area (Å²) < 4.78 is 49.6. The van der Waals surface area contributed by atoms with Gasteiger partial charge >= 0.3 is 6.18 Å². The molecule has 3 nitrogen and oxygen atoms in total. The maximum atomic E-state index is 12.9. The standard InChI is InChI=1S/C12H9F4N3/c13-9-3-1-2-8(6-9)7-17-11-5-4-10(18-19-11)12(14,15)16/h1-6H,7H2,(H,17,19). The molecule has 0 aliphatic rings. The van der Waals surface area contributed by atoms with Crippen LogP contribution in [0.25, 0.3) is 0 Å². The highest BCUT2D eigenvalue weighted by Crippen LogP contribution is 2.27. The lowest BCUT2D eigenvalue weighted by atomic mass is 10.2. The summed E-state index contributed by atoms with van der Waals surface area (Å²) in [5, 5.41) is 9.24. The van der Waals surface area contributed by atoms with Crippen molar-refractivity contribution < 1.29 is 17.6 Å². The monoisotopic (exact) mass is 271 g/mol. The van der Waals surface area contributed by atoms with Gasteiger partial charge in [0, 0.05) is 6.54 Å². The van der Waals surface area contributed by atoms with Crippen LogP contribution in [0, 0.1) is 5.82 Å². The molecule has 0 bridgehead atoms. The van der Waals surface area contributed by atoms with Gasteiger partial charge in [-0.05, 0) is 29.8 Å². The summed E-state index contributed by atoms with van der Waals surface area (Å²) in [5.74, 6) is -0.185. The van der Waals surface area contributed by atoms with Crippen molar-refractivity contribution in [2.75, 3.05) is 5.32 Å². The minimum absolute atomic E-state index is 0.192. The van der Waals surface area contributed by atoms with Crippen molar-refractivity contribution in [1.82, 2.24) is 10.2 Å². The van der Waals surface area contributed by atoms with Gasteiger partial charge in [-0.15, -0.1) is 10.2 Å². The highest BCUT2D eigenvalue weighted by Gasteiger charge is 2.32. The topological polar surface area (TPSA) is 37.8 Å². The number of hydrogen-bond acceptors (Lipinski definition) is 3. The normalized spacial score (nSPS) is 11.4. The van der Waals surface area contributed by atoms with Gasteiger partial charge in [0.05, 0.1) is 0 Å². The van der Waals surface area contributed by atoms with Gasteiger partial charge in [-0.1, -0.05) is 12.1 Å². The van der Waals surface area contributed by atoms with E-state index in [1.54, 1.807) is 12.1 Å². The van der Waals surface area contributed by atoms with E-state index in [1.165, 1.54) is 18.2 Å². The van der Waals surface area contributed by atoms with Crippen molar-refractivity contribution in [2.45, 2.75) is 12.7 Å². The molecule has 1 heterocycles. The summed E-state index contributed by atoms with van der Waals surface area (Å²) in [4.78, 5) is 0. The van der Waals surface area contributed by atoms with Crippen LogP contribution in [0.3, 0.4) is 0 Å². The van der Waals surface area contributed by atoms with Gasteiger partial charge in [0.25, 0.3) is 0 Å². The van der Waals surface area contributed by atoms with Crippen molar-refractivity contribution in [1.29, 1.82) is 0 Å². The molecule has 2 aromatic rings. The fourth-order valence-electron chi connectivity index (χ4n) is 1.42. The van der Waals surface area contributed by atoms with Crippen LogP contribution in [0.5, 0.6) is 0 Å². The minimum Gasteiger partial charge on any atom is -0.365 e. The van der Waals surface area contributed by atoms with Gasteiger partial charge in [0.1, 0.15) is 11.6 Å². The van der Waals surface area contributed by atoms with Crippen LogP contribution in [0.4, 0.5) is 23.4 Å². The van der Waals surface area contributed by atoms with Crippen LogP contribution in [0.2, 0.25) is 0 Å². The molecule has 0 saturated carbocycles. The van der Waals surface area contributed by atoms with E-state index in [0.717, 1.165) is 6.07 Å². The first-order valence-corrected chi connectivity index (χ1v) is 5.34. The Morgan fingerprint density at radius 3 is 2.42 bits per heavy atom. The quantitative estimate of drug-likeness (QED) is 0.871. The Labute approximate surface area is 106 Å². The Morgan fingerprint density at radius 1 is 1.05 bits per heavy atom. The summed E-state index contributed by atoms with van der Waals surface area (Å²) in [6.07, 6.45) is -4.51. The highest BCUT2D eigenvalue weighted by molar-refractivity contribution is 5.34. The largest absolute Gasteiger partial charge is 0.435 e.